The summed E-state index contributed by atoms with van der Waals surface area (Å²) in [5.74, 6) is 0.570. The van der Waals surface area contributed by atoms with E-state index in [1.807, 2.05) is 0 Å². The Morgan fingerprint density at radius 3 is 2.75 bits per heavy atom. The van der Waals surface area contributed by atoms with Crippen molar-refractivity contribution >= 4 is 15.9 Å². The molecule has 114 valence electrons. The van der Waals surface area contributed by atoms with Gasteiger partial charge in [0.25, 0.3) is 0 Å². The van der Waals surface area contributed by atoms with Gasteiger partial charge in [0.1, 0.15) is 5.76 Å². The summed E-state index contributed by atoms with van der Waals surface area (Å²) < 4.78 is 29.2. The molecule has 1 rings (SSSR count). The fourth-order valence-corrected chi connectivity index (χ4v) is 2.01. The van der Waals surface area contributed by atoms with Crippen molar-refractivity contribution in [3.63, 3.8) is 0 Å². The Morgan fingerprint density at radius 1 is 1.40 bits per heavy atom. The zero-order chi connectivity index (χ0) is 15.0. The van der Waals surface area contributed by atoms with Crippen molar-refractivity contribution in [3.8, 4) is 0 Å². The zero-order valence-electron chi connectivity index (χ0n) is 11.7. The van der Waals surface area contributed by atoms with E-state index in [-0.39, 0.29) is 11.9 Å². The Bertz CT molecular complexity index is 499. The van der Waals surface area contributed by atoms with E-state index in [1.165, 1.54) is 0 Å². The summed E-state index contributed by atoms with van der Waals surface area (Å²) in [6, 6.07) is 3.20. The smallest absolute Gasteiger partial charge is 0.237 e. The molecule has 0 bridgehead atoms. The first-order valence-electron chi connectivity index (χ1n) is 6.36. The molecule has 0 aromatic carbocycles. The normalized spacial score (nSPS) is 13.1. The monoisotopic (exact) mass is 303 g/mol. The van der Waals surface area contributed by atoms with Gasteiger partial charge in [-0.15, -0.1) is 0 Å². The van der Waals surface area contributed by atoms with Gasteiger partial charge in [0.2, 0.25) is 15.9 Å². The van der Waals surface area contributed by atoms with Gasteiger partial charge in [-0.2, -0.15) is 0 Å². The molecule has 0 aliphatic rings. The minimum atomic E-state index is -3.14. The van der Waals surface area contributed by atoms with Crippen LogP contribution in [0.2, 0.25) is 0 Å². The Kier molecular flexibility index (Phi) is 6.69. The van der Waals surface area contributed by atoms with Gasteiger partial charge in [-0.05, 0) is 32.0 Å². The van der Waals surface area contributed by atoms with Crippen LogP contribution in [0.1, 0.15) is 19.1 Å². The molecule has 1 heterocycles. The van der Waals surface area contributed by atoms with Crippen molar-refractivity contribution in [2.75, 3.05) is 19.3 Å². The molecule has 7 nitrogen and oxygen atoms in total. The number of carbonyl (C=O) groups is 1. The molecule has 0 saturated heterocycles. The lowest BCUT2D eigenvalue weighted by Gasteiger charge is -2.13. The van der Waals surface area contributed by atoms with Crippen LogP contribution in [-0.2, 0) is 21.4 Å². The molecule has 1 unspecified atom stereocenters. The van der Waals surface area contributed by atoms with E-state index in [9.17, 15) is 13.2 Å². The van der Waals surface area contributed by atoms with Crippen LogP contribution in [0.25, 0.3) is 0 Å². The molecule has 1 atom stereocenters. The first kappa shape index (κ1) is 16.7. The van der Waals surface area contributed by atoms with Gasteiger partial charge in [0.05, 0.1) is 25.1 Å². The van der Waals surface area contributed by atoms with Crippen LogP contribution < -0.4 is 15.4 Å². The standard InChI is InChI=1S/C12H21N3O4S/c1-10(13-6-4-7-15-20(2,17)18)12(16)14-9-11-5-3-8-19-11/h3,5,8,10,13,15H,4,6-7,9H2,1-2H3,(H,14,16). The molecule has 0 radical (unpaired) electrons. The molecule has 0 spiro atoms. The first-order chi connectivity index (χ1) is 9.38. The predicted molar refractivity (Wildman–Crippen MR) is 75.5 cm³/mol. The molecule has 0 aliphatic carbocycles. The van der Waals surface area contributed by atoms with Crippen LogP contribution in [-0.4, -0.2) is 39.7 Å². The summed E-state index contributed by atoms with van der Waals surface area (Å²) >= 11 is 0. The van der Waals surface area contributed by atoms with Crippen LogP contribution in [0.5, 0.6) is 0 Å². The van der Waals surface area contributed by atoms with Crippen molar-refractivity contribution in [2.24, 2.45) is 0 Å². The second-order valence-corrected chi connectivity index (χ2v) is 6.33. The summed E-state index contributed by atoms with van der Waals surface area (Å²) in [6.45, 7) is 3.01. The lowest BCUT2D eigenvalue weighted by atomic mass is 10.3. The average Bonchev–Trinajstić information content (AvgIpc) is 2.87. The van der Waals surface area contributed by atoms with Crippen LogP contribution in [0.4, 0.5) is 0 Å². The van der Waals surface area contributed by atoms with Crippen molar-refractivity contribution in [2.45, 2.75) is 25.9 Å². The molecule has 1 aromatic rings. The second-order valence-electron chi connectivity index (χ2n) is 4.49. The summed E-state index contributed by atoms with van der Waals surface area (Å²) in [4.78, 5) is 11.7. The fourth-order valence-electron chi connectivity index (χ4n) is 1.50. The van der Waals surface area contributed by atoms with Gasteiger partial charge < -0.3 is 15.1 Å². The molecule has 20 heavy (non-hydrogen) atoms. The third-order valence-electron chi connectivity index (χ3n) is 2.58. The van der Waals surface area contributed by atoms with Crippen LogP contribution in [0.15, 0.2) is 22.8 Å². The number of sulfonamides is 1. The fraction of sp³-hybridized carbons (Fsp3) is 0.583. The maximum absolute atomic E-state index is 11.7. The van der Waals surface area contributed by atoms with Crippen molar-refractivity contribution < 1.29 is 17.6 Å². The number of amides is 1. The number of carbonyl (C=O) groups excluding carboxylic acids is 1. The van der Waals surface area contributed by atoms with Crippen LogP contribution in [0.3, 0.4) is 0 Å². The molecule has 0 saturated carbocycles. The number of nitrogens with one attached hydrogen (secondary N) is 3. The molecular formula is C12H21N3O4S. The zero-order valence-corrected chi connectivity index (χ0v) is 12.5. The minimum Gasteiger partial charge on any atom is -0.467 e. The molecule has 3 N–H and O–H groups in total. The lowest BCUT2D eigenvalue weighted by molar-refractivity contribution is -0.123. The molecule has 0 fully saturated rings. The van der Waals surface area contributed by atoms with Crippen LogP contribution in [0, 0.1) is 0 Å². The highest BCUT2D eigenvalue weighted by Crippen LogP contribution is 1.98. The minimum absolute atomic E-state index is 0.127. The summed E-state index contributed by atoms with van der Waals surface area (Å²) in [6.07, 6.45) is 3.28. The third-order valence-corrected chi connectivity index (χ3v) is 3.31. The van der Waals surface area contributed by atoms with Gasteiger partial charge in [-0.3, -0.25) is 4.79 Å². The topological polar surface area (TPSA) is 100 Å². The molecule has 1 amide bonds. The van der Waals surface area contributed by atoms with E-state index in [0.29, 0.717) is 31.8 Å². The third kappa shape index (κ3) is 7.27. The largest absolute Gasteiger partial charge is 0.467 e. The SMILES string of the molecule is CC(NCCCNS(C)(=O)=O)C(=O)NCc1ccco1. The van der Waals surface area contributed by atoms with E-state index in [4.69, 9.17) is 4.42 Å². The lowest BCUT2D eigenvalue weighted by Crippen LogP contribution is -2.42. The molecular weight excluding hydrogens is 282 g/mol. The van der Waals surface area contributed by atoms with Gasteiger partial charge >= 0.3 is 0 Å². The Hall–Kier alpha value is -1.38. The average molecular weight is 303 g/mol. The summed E-state index contributed by atoms with van der Waals surface area (Å²) in [5.41, 5.74) is 0. The van der Waals surface area contributed by atoms with Crippen molar-refractivity contribution in [1.82, 2.24) is 15.4 Å². The van der Waals surface area contributed by atoms with Gasteiger partial charge in [0, 0.05) is 6.54 Å². The number of hydrogen-bond donors (Lipinski definition) is 3. The first-order valence-corrected chi connectivity index (χ1v) is 8.26. The van der Waals surface area contributed by atoms with E-state index >= 15 is 0 Å². The highest BCUT2D eigenvalue weighted by atomic mass is 32.2. The number of hydrogen-bond acceptors (Lipinski definition) is 5. The maximum Gasteiger partial charge on any atom is 0.237 e. The van der Waals surface area contributed by atoms with E-state index in [1.54, 1.807) is 25.3 Å². The Morgan fingerprint density at radius 2 is 2.15 bits per heavy atom. The molecule has 0 aliphatic heterocycles. The van der Waals surface area contributed by atoms with E-state index in [2.05, 4.69) is 15.4 Å². The molecule has 8 heteroatoms. The number of rotatable bonds is 9. The van der Waals surface area contributed by atoms with Gasteiger partial charge in [-0.25, -0.2) is 13.1 Å². The Balaban J connectivity index is 2.12. The van der Waals surface area contributed by atoms with Gasteiger partial charge in [0.15, 0.2) is 0 Å². The Labute approximate surface area is 119 Å². The predicted octanol–water partition coefficient (Wildman–Crippen LogP) is -0.187. The maximum atomic E-state index is 11.7. The summed E-state index contributed by atoms with van der Waals surface area (Å²) in [7, 11) is -3.14. The van der Waals surface area contributed by atoms with Crippen molar-refractivity contribution in [3.05, 3.63) is 24.2 Å². The highest BCUT2D eigenvalue weighted by molar-refractivity contribution is 7.88. The van der Waals surface area contributed by atoms with E-state index < -0.39 is 10.0 Å². The second kappa shape index (κ2) is 8.03. The van der Waals surface area contributed by atoms with Crippen molar-refractivity contribution in [1.29, 1.82) is 0 Å². The molecule has 1 aromatic heterocycles. The highest BCUT2D eigenvalue weighted by Gasteiger charge is 2.11. The summed E-state index contributed by atoms with van der Waals surface area (Å²) in [5, 5.41) is 5.76. The number of furan rings is 1. The quantitative estimate of drug-likeness (QED) is 0.549. The van der Waals surface area contributed by atoms with Gasteiger partial charge in [-0.1, -0.05) is 0 Å². The van der Waals surface area contributed by atoms with E-state index in [0.717, 1.165) is 6.26 Å². The van der Waals surface area contributed by atoms with Crippen LogP contribution >= 0.6 is 0 Å².